The van der Waals surface area contributed by atoms with Crippen LogP contribution in [0.15, 0.2) is 24.3 Å². The number of hydrogen-bond donors (Lipinski definition) is 3. The minimum absolute atomic E-state index is 0.238. The smallest absolute Gasteiger partial charge is 0.323 e. The van der Waals surface area contributed by atoms with Gasteiger partial charge in [0.1, 0.15) is 12.1 Å². The summed E-state index contributed by atoms with van der Waals surface area (Å²) >= 11 is 0. The SMILES string of the molecule is O=CC1CCN([C@@H]2NCCc3ccccc32)[C@H]1P(=O)(O)O. The first kappa shape index (κ1) is 14.9. The van der Waals surface area contributed by atoms with Crippen LogP contribution in [0.2, 0.25) is 0 Å². The fourth-order valence-electron chi connectivity index (χ4n) is 3.47. The van der Waals surface area contributed by atoms with Gasteiger partial charge in [0.2, 0.25) is 0 Å². The first-order valence-electron chi connectivity index (χ1n) is 7.10. The van der Waals surface area contributed by atoms with E-state index in [0.717, 1.165) is 18.5 Å². The second kappa shape index (κ2) is 5.63. The van der Waals surface area contributed by atoms with Crippen LogP contribution >= 0.6 is 7.60 Å². The number of nitrogens with zero attached hydrogens (tertiary/aromatic N) is 1. The first-order valence-corrected chi connectivity index (χ1v) is 8.78. The van der Waals surface area contributed by atoms with Crippen LogP contribution in [0.1, 0.15) is 23.7 Å². The van der Waals surface area contributed by atoms with E-state index in [1.54, 1.807) is 4.90 Å². The Labute approximate surface area is 123 Å². The number of fused-ring (bicyclic) bond motifs is 1. The number of carbonyl (C=O) groups is 1. The van der Waals surface area contributed by atoms with E-state index in [-0.39, 0.29) is 6.17 Å². The highest BCUT2D eigenvalue weighted by Crippen LogP contribution is 2.52. The molecule has 21 heavy (non-hydrogen) atoms. The van der Waals surface area contributed by atoms with Crippen LogP contribution < -0.4 is 5.32 Å². The van der Waals surface area contributed by atoms with E-state index in [2.05, 4.69) is 5.32 Å². The number of nitrogens with one attached hydrogen (secondary N) is 1. The van der Waals surface area contributed by atoms with Crippen LogP contribution in [-0.4, -0.2) is 39.8 Å². The molecule has 3 rings (SSSR count). The minimum Gasteiger partial charge on any atom is -0.323 e. The van der Waals surface area contributed by atoms with Crippen molar-refractivity contribution in [2.45, 2.75) is 24.8 Å². The monoisotopic (exact) mass is 310 g/mol. The number of hydrogen-bond acceptors (Lipinski definition) is 4. The highest BCUT2D eigenvalue weighted by atomic mass is 31.2. The molecule has 0 aliphatic carbocycles. The molecule has 1 unspecified atom stereocenters. The molecule has 0 saturated carbocycles. The van der Waals surface area contributed by atoms with Crippen molar-refractivity contribution >= 4 is 13.9 Å². The van der Waals surface area contributed by atoms with Crippen molar-refractivity contribution < 1.29 is 19.1 Å². The van der Waals surface area contributed by atoms with Gasteiger partial charge >= 0.3 is 7.60 Å². The maximum absolute atomic E-state index is 11.8. The molecule has 1 fully saturated rings. The molecule has 3 N–H and O–H groups in total. The summed E-state index contributed by atoms with van der Waals surface area (Å²) < 4.78 is 11.8. The van der Waals surface area contributed by atoms with Gasteiger partial charge in [0.25, 0.3) is 0 Å². The third-order valence-corrected chi connectivity index (χ3v) is 5.74. The molecule has 0 bridgehead atoms. The molecule has 6 nitrogen and oxygen atoms in total. The molecule has 0 amide bonds. The van der Waals surface area contributed by atoms with E-state index in [0.29, 0.717) is 19.3 Å². The molecule has 1 aromatic carbocycles. The van der Waals surface area contributed by atoms with Gasteiger partial charge in [-0.25, -0.2) is 0 Å². The largest absolute Gasteiger partial charge is 0.343 e. The molecule has 2 aliphatic heterocycles. The molecule has 1 saturated heterocycles. The summed E-state index contributed by atoms with van der Waals surface area (Å²) in [7, 11) is -4.37. The lowest BCUT2D eigenvalue weighted by Crippen LogP contribution is -2.45. The van der Waals surface area contributed by atoms with Crippen molar-refractivity contribution in [2.24, 2.45) is 5.92 Å². The molecule has 0 aromatic heterocycles. The van der Waals surface area contributed by atoms with Crippen molar-refractivity contribution in [3.8, 4) is 0 Å². The van der Waals surface area contributed by atoms with Crippen molar-refractivity contribution in [3.63, 3.8) is 0 Å². The zero-order valence-corrected chi connectivity index (χ0v) is 12.4. The van der Waals surface area contributed by atoms with Gasteiger partial charge in [0.15, 0.2) is 0 Å². The quantitative estimate of drug-likeness (QED) is 0.567. The maximum atomic E-state index is 11.8. The second-order valence-corrected chi connectivity index (χ2v) is 7.34. The molecular weight excluding hydrogens is 291 g/mol. The van der Waals surface area contributed by atoms with E-state index in [4.69, 9.17) is 0 Å². The number of likely N-dealkylation sites (tertiary alicyclic amines) is 1. The van der Waals surface area contributed by atoms with Crippen molar-refractivity contribution in [1.82, 2.24) is 10.2 Å². The fourth-order valence-corrected chi connectivity index (χ4v) is 4.82. The zero-order valence-electron chi connectivity index (χ0n) is 11.6. The van der Waals surface area contributed by atoms with E-state index < -0.39 is 19.3 Å². The highest BCUT2D eigenvalue weighted by Gasteiger charge is 2.48. The van der Waals surface area contributed by atoms with Crippen LogP contribution in [-0.2, 0) is 15.8 Å². The molecule has 3 atom stereocenters. The molecular formula is C14H19N2O4P. The van der Waals surface area contributed by atoms with E-state index in [9.17, 15) is 19.1 Å². The Morgan fingerprint density at radius 2 is 2.10 bits per heavy atom. The predicted molar refractivity (Wildman–Crippen MR) is 77.6 cm³/mol. The summed E-state index contributed by atoms with van der Waals surface area (Å²) in [6.45, 7) is 1.27. The topological polar surface area (TPSA) is 89.9 Å². The summed E-state index contributed by atoms with van der Waals surface area (Å²) in [5.74, 6) is -1.64. The number of aldehydes is 1. The molecule has 1 aromatic rings. The Hall–Kier alpha value is -1.04. The molecule has 114 valence electrons. The highest BCUT2D eigenvalue weighted by molar-refractivity contribution is 7.52. The Morgan fingerprint density at radius 1 is 1.33 bits per heavy atom. The molecule has 0 radical (unpaired) electrons. The molecule has 7 heteroatoms. The normalized spacial score (nSPS) is 30.1. The van der Waals surface area contributed by atoms with E-state index >= 15 is 0 Å². The lowest BCUT2D eigenvalue weighted by molar-refractivity contribution is -0.111. The van der Waals surface area contributed by atoms with Gasteiger partial charge in [-0.05, 0) is 24.0 Å². The summed E-state index contributed by atoms with van der Waals surface area (Å²) in [6.07, 6.45) is 1.83. The number of benzene rings is 1. The predicted octanol–water partition coefficient (Wildman–Crippen LogP) is 0.855. The van der Waals surface area contributed by atoms with Gasteiger partial charge in [-0.15, -0.1) is 0 Å². The average Bonchev–Trinajstić information content (AvgIpc) is 2.90. The van der Waals surface area contributed by atoms with Crippen LogP contribution in [0.4, 0.5) is 0 Å². The lowest BCUT2D eigenvalue weighted by Gasteiger charge is -2.38. The molecule has 2 aliphatic rings. The van der Waals surface area contributed by atoms with Crippen molar-refractivity contribution in [3.05, 3.63) is 35.4 Å². The Balaban J connectivity index is 1.97. The maximum Gasteiger partial charge on any atom is 0.343 e. The fraction of sp³-hybridized carbons (Fsp3) is 0.500. The van der Waals surface area contributed by atoms with Gasteiger partial charge in [0.05, 0.1) is 6.17 Å². The summed E-state index contributed by atoms with van der Waals surface area (Å²) in [4.78, 5) is 32.2. The summed E-state index contributed by atoms with van der Waals surface area (Å²) in [6, 6.07) is 7.93. The van der Waals surface area contributed by atoms with E-state index in [1.807, 2.05) is 24.3 Å². The summed E-state index contributed by atoms with van der Waals surface area (Å²) in [5, 5.41) is 3.33. The minimum atomic E-state index is -4.37. The Morgan fingerprint density at radius 3 is 2.81 bits per heavy atom. The van der Waals surface area contributed by atoms with Gasteiger partial charge in [0, 0.05) is 19.0 Å². The van der Waals surface area contributed by atoms with Crippen LogP contribution in [0.25, 0.3) is 0 Å². The van der Waals surface area contributed by atoms with Gasteiger partial charge in [-0.1, -0.05) is 24.3 Å². The third kappa shape index (κ3) is 2.70. The van der Waals surface area contributed by atoms with Gasteiger partial charge in [-0.2, -0.15) is 0 Å². The molecule has 0 spiro atoms. The van der Waals surface area contributed by atoms with Crippen molar-refractivity contribution in [2.75, 3.05) is 13.1 Å². The number of rotatable bonds is 3. The standard InChI is InChI=1S/C14H19N2O4P/c17-9-11-6-8-16(14(11)21(18,19)20)13-12-4-2-1-3-10(12)5-7-15-13/h1-4,9,11,13-15H,5-8H2,(H2,18,19,20)/t11?,13-,14-/m0/s1. The van der Waals surface area contributed by atoms with E-state index in [1.165, 1.54) is 5.56 Å². The van der Waals surface area contributed by atoms with Crippen molar-refractivity contribution in [1.29, 1.82) is 0 Å². The summed E-state index contributed by atoms with van der Waals surface area (Å²) in [5.41, 5.74) is 2.24. The Kier molecular flexibility index (Phi) is 3.99. The van der Waals surface area contributed by atoms with Gasteiger partial charge < -0.3 is 14.6 Å². The van der Waals surface area contributed by atoms with Crippen LogP contribution in [0.3, 0.4) is 0 Å². The van der Waals surface area contributed by atoms with Gasteiger partial charge in [-0.3, -0.25) is 14.8 Å². The molecule has 2 heterocycles. The van der Waals surface area contributed by atoms with Crippen LogP contribution in [0, 0.1) is 5.92 Å². The Bertz CT molecular complexity index is 588. The number of carbonyl (C=O) groups excluding carboxylic acids is 1. The average molecular weight is 310 g/mol. The zero-order chi connectivity index (χ0) is 15.0. The van der Waals surface area contributed by atoms with Crippen LogP contribution in [0.5, 0.6) is 0 Å². The second-order valence-electron chi connectivity index (χ2n) is 5.63. The first-order chi connectivity index (χ1) is 10.0. The third-order valence-electron chi connectivity index (χ3n) is 4.38. The lowest BCUT2D eigenvalue weighted by atomic mass is 9.98.